The summed E-state index contributed by atoms with van der Waals surface area (Å²) >= 11 is 2.02. The first-order valence-corrected chi connectivity index (χ1v) is 7.26. The van der Waals surface area contributed by atoms with Gasteiger partial charge in [-0.1, -0.05) is 12.1 Å². The van der Waals surface area contributed by atoms with Gasteiger partial charge in [-0.3, -0.25) is 9.36 Å². The average Bonchev–Trinajstić information content (AvgIpc) is 2.88. The molecule has 1 aromatic carbocycles. The van der Waals surface area contributed by atoms with Gasteiger partial charge >= 0.3 is 0 Å². The highest BCUT2D eigenvalue weighted by Gasteiger charge is 2.12. The standard InChI is InChI=1S/C14H13IN2O2/c15-12-8-16-9-17(14(12)18)5-3-10-1-2-13-11(7-10)4-6-19-13/h1-2,7-9H,3-6H2. The van der Waals surface area contributed by atoms with Gasteiger partial charge in [0.1, 0.15) is 5.75 Å². The van der Waals surface area contributed by atoms with Crippen LogP contribution in [0.2, 0.25) is 0 Å². The summed E-state index contributed by atoms with van der Waals surface area (Å²) in [6.45, 7) is 1.43. The lowest BCUT2D eigenvalue weighted by molar-refractivity contribution is 0.357. The molecule has 0 fully saturated rings. The third kappa shape index (κ3) is 2.65. The maximum absolute atomic E-state index is 11.9. The van der Waals surface area contributed by atoms with E-state index >= 15 is 0 Å². The molecule has 3 rings (SSSR count). The van der Waals surface area contributed by atoms with Crippen molar-refractivity contribution in [1.82, 2.24) is 9.55 Å². The number of hydrogen-bond acceptors (Lipinski definition) is 3. The second-order valence-corrected chi connectivity index (χ2v) is 5.69. The van der Waals surface area contributed by atoms with Gasteiger partial charge < -0.3 is 4.74 Å². The molecule has 0 spiro atoms. The number of aryl methyl sites for hydroxylation is 2. The molecule has 0 saturated carbocycles. The van der Waals surface area contributed by atoms with E-state index in [-0.39, 0.29) is 5.56 Å². The van der Waals surface area contributed by atoms with E-state index in [1.54, 1.807) is 17.1 Å². The summed E-state index contributed by atoms with van der Waals surface area (Å²) in [5.74, 6) is 0.997. The van der Waals surface area contributed by atoms with Crippen LogP contribution in [0.5, 0.6) is 5.75 Å². The molecular formula is C14H13IN2O2. The Morgan fingerprint density at radius 3 is 3.21 bits per heavy atom. The maximum Gasteiger partial charge on any atom is 0.266 e. The maximum atomic E-state index is 11.9. The Kier molecular flexibility index (Phi) is 3.54. The first-order chi connectivity index (χ1) is 9.24. The van der Waals surface area contributed by atoms with Crippen LogP contribution in [0, 0.1) is 3.57 Å². The second-order valence-electron chi connectivity index (χ2n) is 4.53. The second kappa shape index (κ2) is 5.32. The molecule has 0 N–H and O–H groups in total. The molecule has 0 amide bonds. The summed E-state index contributed by atoms with van der Waals surface area (Å²) < 4.78 is 7.80. The van der Waals surface area contributed by atoms with Crippen LogP contribution in [0.4, 0.5) is 0 Å². The highest BCUT2D eigenvalue weighted by Crippen LogP contribution is 2.26. The highest BCUT2D eigenvalue weighted by atomic mass is 127. The molecule has 1 aliphatic rings. The Morgan fingerprint density at radius 1 is 1.42 bits per heavy atom. The first kappa shape index (κ1) is 12.7. The predicted molar refractivity (Wildman–Crippen MR) is 80.6 cm³/mol. The summed E-state index contributed by atoms with van der Waals surface area (Å²) in [6, 6.07) is 6.26. The van der Waals surface area contributed by atoms with E-state index in [1.807, 2.05) is 28.7 Å². The van der Waals surface area contributed by atoms with Gasteiger partial charge in [0.2, 0.25) is 0 Å². The van der Waals surface area contributed by atoms with Gasteiger partial charge in [-0.15, -0.1) is 0 Å². The summed E-state index contributed by atoms with van der Waals surface area (Å²) in [4.78, 5) is 15.9. The topological polar surface area (TPSA) is 44.1 Å². The molecule has 1 aliphatic heterocycles. The molecule has 4 nitrogen and oxygen atoms in total. The number of halogens is 1. The zero-order chi connectivity index (χ0) is 13.2. The van der Waals surface area contributed by atoms with Gasteiger partial charge in [0.05, 0.1) is 16.5 Å². The lowest BCUT2D eigenvalue weighted by Gasteiger charge is -2.07. The Balaban J connectivity index is 1.76. The number of aromatic nitrogens is 2. The van der Waals surface area contributed by atoms with Gasteiger partial charge in [0.15, 0.2) is 0 Å². The Morgan fingerprint density at radius 2 is 2.32 bits per heavy atom. The Hall–Kier alpha value is -1.37. The quantitative estimate of drug-likeness (QED) is 0.779. The highest BCUT2D eigenvalue weighted by molar-refractivity contribution is 14.1. The molecule has 0 aliphatic carbocycles. The molecule has 0 saturated heterocycles. The number of hydrogen-bond donors (Lipinski definition) is 0. The minimum atomic E-state index is 0.0279. The van der Waals surface area contributed by atoms with E-state index in [2.05, 4.69) is 17.1 Å². The zero-order valence-electron chi connectivity index (χ0n) is 10.3. The van der Waals surface area contributed by atoms with Gasteiger partial charge in [0, 0.05) is 19.2 Å². The zero-order valence-corrected chi connectivity index (χ0v) is 12.5. The molecule has 5 heteroatoms. The van der Waals surface area contributed by atoms with Crippen molar-refractivity contribution >= 4 is 22.6 Å². The van der Waals surface area contributed by atoms with E-state index in [9.17, 15) is 4.79 Å². The number of rotatable bonds is 3. The van der Waals surface area contributed by atoms with Crippen LogP contribution in [0.3, 0.4) is 0 Å². The fraction of sp³-hybridized carbons (Fsp3) is 0.286. The number of fused-ring (bicyclic) bond motifs is 1. The van der Waals surface area contributed by atoms with Gasteiger partial charge in [-0.05, 0) is 46.2 Å². The molecule has 0 atom stereocenters. The van der Waals surface area contributed by atoms with Crippen molar-refractivity contribution in [2.45, 2.75) is 19.4 Å². The molecule has 1 aromatic heterocycles. The van der Waals surface area contributed by atoms with Gasteiger partial charge in [-0.2, -0.15) is 0 Å². The molecule has 0 bridgehead atoms. The number of benzene rings is 1. The van der Waals surface area contributed by atoms with Crippen LogP contribution in [-0.4, -0.2) is 16.2 Å². The minimum Gasteiger partial charge on any atom is -0.493 e. The van der Waals surface area contributed by atoms with Crippen molar-refractivity contribution in [2.24, 2.45) is 0 Å². The van der Waals surface area contributed by atoms with Crippen LogP contribution in [-0.2, 0) is 19.4 Å². The minimum absolute atomic E-state index is 0.0279. The average molecular weight is 368 g/mol. The Bertz CT molecular complexity index is 667. The summed E-state index contributed by atoms with van der Waals surface area (Å²) in [5.41, 5.74) is 2.53. The SMILES string of the molecule is O=c1c(I)cncn1CCc1ccc2c(c1)CCO2. The van der Waals surface area contributed by atoms with Crippen LogP contribution in [0.25, 0.3) is 0 Å². The third-order valence-corrected chi connectivity index (χ3v) is 3.99. The van der Waals surface area contributed by atoms with E-state index in [0.29, 0.717) is 10.1 Å². The van der Waals surface area contributed by atoms with Crippen molar-refractivity contribution in [2.75, 3.05) is 6.61 Å². The fourth-order valence-corrected chi connectivity index (χ4v) is 2.70. The van der Waals surface area contributed by atoms with Crippen molar-refractivity contribution in [1.29, 1.82) is 0 Å². The van der Waals surface area contributed by atoms with Gasteiger partial charge in [0.25, 0.3) is 5.56 Å². The molecule has 0 radical (unpaired) electrons. The summed E-state index contributed by atoms with van der Waals surface area (Å²) in [5, 5.41) is 0. The van der Waals surface area contributed by atoms with E-state index < -0.39 is 0 Å². The molecule has 2 heterocycles. The first-order valence-electron chi connectivity index (χ1n) is 6.18. The van der Waals surface area contributed by atoms with Crippen LogP contribution in [0.1, 0.15) is 11.1 Å². The smallest absolute Gasteiger partial charge is 0.266 e. The largest absolute Gasteiger partial charge is 0.493 e. The van der Waals surface area contributed by atoms with Gasteiger partial charge in [-0.25, -0.2) is 4.98 Å². The summed E-state index contributed by atoms with van der Waals surface area (Å²) in [7, 11) is 0. The Labute approximate surface area is 124 Å². The molecule has 0 unspecified atom stereocenters. The molecular weight excluding hydrogens is 355 g/mol. The van der Waals surface area contributed by atoms with Crippen LogP contribution >= 0.6 is 22.6 Å². The normalized spacial score (nSPS) is 13.1. The molecule has 2 aromatic rings. The fourth-order valence-electron chi connectivity index (χ4n) is 2.23. The van der Waals surface area contributed by atoms with Crippen molar-refractivity contribution in [3.8, 4) is 5.75 Å². The number of ether oxygens (including phenoxy) is 1. The lowest BCUT2D eigenvalue weighted by Crippen LogP contribution is -2.23. The van der Waals surface area contributed by atoms with Crippen molar-refractivity contribution in [3.63, 3.8) is 0 Å². The molecule has 98 valence electrons. The van der Waals surface area contributed by atoms with Crippen molar-refractivity contribution in [3.05, 3.63) is 55.8 Å². The third-order valence-electron chi connectivity index (χ3n) is 3.25. The monoisotopic (exact) mass is 368 g/mol. The van der Waals surface area contributed by atoms with E-state index in [0.717, 1.165) is 25.2 Å². The van der Waals surface area contributed by atoms with Crippen LogP contribution in [0.15, 0.2) is 35.5 Å². The van der Waals surface area contributed by atoms with E-state index in [1.165, 1.54) is 11.1 Å². The van der Waals surface area contributed by atoms with Crippen LogP contribution < -0.4 is 10.3 Å². The molecule has 19 heavy (non-hydrogen) atoms. The summed E-state index contributed by atoms with van der Waals surface area (Å²) in [6.07, 6.45) is 5.00. The predicted octanol–water partition coefficient (Wildman–Crippen LogP) is 2.03. The lowest BCUT2D eigenvalue weighted by atomic mass is 10.1. The van der Waals surface area contributed by atoms with Crippen molar-refractivity contribution < 1.29 is 4.74 Å². The number of nitrogens with zero attached hydrogens (tertiary/aromatic N) is 2. The van der Waals surface area contributed by atoms with E-state index in [4.69, 9.17) is 4.74 Å².